The molecule has 1 fully saturated rings. The molecule has 2 aromatic rings. The predicted molar refractivity (Wildman–Crippen MR) is 84.2 cm³/mol. The summed E-state index contributed by atoms with van der Waals surface area (Å²) >= 11 is 1.44. The van der Waals surface area contributed by atoms with E-state index in [-0.39, 0.29) is 11.8 Å². The lowest BCUT2D eigenvalue weighted by molar-refractivity contribution is -0.132. The summed E-state index contributed by atoms with van der Waals surface area (Å²) in [6, 6.07) is 3.70. The van der Waals surface area contributed by atoms with Gasteiger partial charge >= 0.3 is 0 Å². The molecule has 23 heavy (non-hydrogen) atoms. The van der Waals surface area contributed by atoms with Crippen molar-refractivity contribution in [2.45, 2.75) is 19.8 Å². The van der Waals surface area contributed by atoms with Gasteiger partial charge in [0.15, 0.2) is 0 Å². The Labute approximate surface area is 137 Å². The number of piperazine rings is 1. The third kappa shape index (κ3) is 3.76. The topological polar surface area (TPSA) is 79.5 Å². The van der Waals surface area contributed by atoms with E-state index in [2.05, 4.69) is 10.2 Å². The van der Waals surface area contributed by atoms with E-state index < -0.39 is 0 Å². The van der Waals surface area contributed by atoms with Gasteiger partial charge in [-0.05, 0) is 11.4 Å². The lowest BCUT2D eigenvalue weighted by Gasteiger charge is -2.34. The summed E-state index contributed by atoms with van der Waals surface area (Å²) in [5, 5.41) is 9.53. The molecule has 2 amide bonds. The van der Waals surface area contributed by atoms with Crippen LogP contribution in [0.3, 0.4) is 0 Å². The fraction of sp³-hybridized carbons (Fsp3) is 0.467. The van der Waals surface area contributed by atoms with Gasteiger partial charge in [-0.15, -0.1) is 21.5 Å². The average molecular weight is 334 g/mol. The highest BCUT2D eigenvalue weighted by molar-refractivity contribution is 7.12. The predicted octanol–water partition coefficient (Wildman–Crippen LogP) is 1.36. The summed E-state index contributed by atoms with van der Waals surface area (Å²) in [6.45, 7) is 4.00. The van der Waals surface area contributed by atoms with E-state index in [1.54, 1.807) is 16.7 Å². The zero-order chi connectivity index (χ0) is 16.2. The number of hydrogen-bond acceptors (Lipinski definition) is 6. The van der Waals surface area contributed by atoms with Crippen LogP contribution in [0.1, 0.15) is 27.9 Å². The van der Waals surface area contributed by atoms with Crippen molar-refractivity contribution < 1.29 is 14.0 Å². The fourth-order valence-corrected chi connectivity index (χ4v) is 3.22. The van der Waals surface area contributed by atoms with E-state index in [1.807, 2.05) is 17.5 Å². The lowest BCUT2D eigenvalue weighted by atomic mass is 10.2. The Morgan fingerprint density at radius 1 is 1.22 bits per heavy atom. The van der Waals surface area contributed by atoms with E-state index in [0.717, 1.165) is 4.88 Å². The number of carbonyl (C=O) groups is 2. The second kappa shape index (κ2) is 6.91. The third-order valence-corrected chi connectivity index (χ3v) is 4.63. The third-order valence-electron chi connectivity index (χ3n) is 3.77. The van der Waals surface area contributed by atoms with Gasteiger partial charge in [-0.1, -0.05) is 6.07 Å². The molecule has 0 N–H and O–H groups in total. The van der Waals surface area contributed by atoms with Crippen LogP contribution in [0.5, 0.6) is 0 Å². The van der Waals surface area contributed by atoms with Crippen LogP contribution in [0.25, 0.3) is 0 Å². The molecule has 0 aromatic carbocycles. The number of nitrogens with zero attached hydrogens (tertiary/aromatic N) is 4. The van der Waals surface area contributed by atoms with Crippen LogP contribution in [0.4, 0.5) is 0 Å². The summed E-state index contributed by atoms with van der Waals surface area (Å²) in [6.07, 6.45) is 0.800. The van der Waals surface area contributed by atoms with Crippen LogP contribution >= 0.6 is 11.3 Å². The highest BCUT2D eigenvalue weighted by atomic mass is 32.1. The van der Waals surface area contributed by atoms with Gasteiger partial charge < -0.3 is 14.2 Å². The van der Waals surface area contributed by atoms with E-state index in [4.69, 9.17) is 4.42 Å². The van der Waals surface area contributed by atoms with Crippen LogP contribution in [-0.2, 0) is 11.2 Å². The van der Waals surface area contributed by atoms with Crippen molar-refractivity contribution in [1.82, 2.24) is 20.0 Å². The summed E-state index contributed by atoms with van der Waals surface area (Å²) in [5.41, 5.74) is 0. The molecule has 0 atom stereocenters. The van der Waals surface area contributed by atoms with Crippen molar-refractivity contribution in [2.75, 3.05) is 26.2 Å². The van der Waals surface area contributed by atoms with Crippen LogP contribution < -0.4 is 0 Å². The van der Waals surface area contributed by atoms with Gasteiger partial charge in [-0.25, -0.2) is 0 Å². The van der Waals surface area contributed by atoms with E-state index >= 15 is 0 Å². The minimum Gasteiger partial charge on any atom is -0.426 e. The summed E-state index contributed by atoms with van der Waals surface area (Å²) in [4.78, 5) is 28.8. The lowest BCUT2D eigenvalue weighted by Crippen LogP contribution is -2.50. The van der Waals surface area contributed by atoms with Gasteiger partial charge in [0, 0.05) is 45.9 Å². The molecule has 0 unspecified atom stereocenters. The molecule has 7 nitrogen and oxygen atoms in total. The molecule has 0 bridgehead atoms. The van der Waals surface area contributed by atoms with Crippen LogP contribution in [0, 0.1) is 6.92 Å². The second-order valence-corrected chi connectivity index (χ2v) is 6.31. The van der Waals surface area contributed by atoms with Gasteiger partial charge in [-0.3, -0.25) is 9.59 Å². The van der Waals surface area contributed by atoms with E-state index in [0.29, 0.717) is 50.8 Å². The monoisotopic (exact) mass is 334 g/mol. The number of thiophene rings is 1. The number of hydrogen-bond donors (Lipinski definition) is 0. The number of rotatable bonds is 4. The Morgan fingerprint density at radius 3 is 2.57 bits per heavy atom. The first-order chi connectivity index (χ1) is 11.1. The minimum absolute atomic E-state index is 0.0495. The molecule has 1 aliphatic rings. The van der Waals surface area contributed by atoms with Gasteiger partial charge in [-0.2, -0.15) is 0 Å². The number of amides is 2. The Balaban J connectivity index is 1.46. The smallest absolute Gasteiger partial charge is 0.264 e. The number of aromatic nitrogens is 2. The molecule has 8 heteroatoms. The Bertz CT molecular complexity index is 675. The van der Waals surface area contributed by atoms with Crippen LogP contribution in [0.2, 0.25) is 0 Å². The molecular formula is C15H18N4O3S. The Hall–Kier alpha value is -2.22. The van der Waals surface area contributed by atoms with Crippen LogP contribution in [0.15, 0.2) is 21.9 Å². The van der Waals surface area contributed by atoms with Gasteiger partial charge in [0.1, 0.15) is 0 Å². The minimum atomic E-state index is 0.0495. The summed E-state index contributed by atoms with van der Waals surface area (Å²) in [7, 11) is 0. The fourth-order valence-electron chi connectivity index (χ4n) is 2.53. The molecule has 0 radical (unpaired) electrons. The van der Waals surface area contributed by atoms with Crippen molar-refractivity contribution in [3.8, 4) is 0 Å². The maximum Gasteiger partial charge on any atom is 0.264 e. The first-order valence-corrected chi connectivity index (χ1v) is 8.41. The van der Waals surface area contributed by atoms with Crippen molar-refractivity contribution in [3.63, 3.8) is 0 Å². The number of carbonyl (C=O) groups excluding carboxylic acids is 2. The van der Waals surface area contributed by atoms with Crippen molar-refractivity contribution >= 4 is 23.2 Å². The maximum atomic E-state index is 12.3. The normalized spacial score (nSPS) is 15.0. The molecule has 1 aliphatic heterocycles. The molecule has 1 saturated heterocycles. The highest BCUT2D eigenvalue weighted by Gasteiger charge is 2.25. The van der Waals surface area contributed by atoms with E-state index in [9.17, 15) is 9.59 Å². The molecule has 122 valence electrons. The maximum absolute atomic E-state index is 12.3. The van der Waals surface area contributed by atoms with Crippen molar-refractivity contribution in [1.29, 1.82) is 0 Å². The SMILES string of the molecule is Cc1nnc(CCC(=O)N2CCN(C(=O)c3cccs3)CC2)o1. The zero-order valence-electron chi connectivity index (χ0n) is 12.9. The standard InChI is InChI=1S/C15H18N4O3S/c1-11-16-17-13(22-11)4-5-14(20)18-6-8-19(9-7-18)15(21)12-3-2-10-23-12/h2-3,10H,4-9H2,1H3. The molecule has 0 spiro atoms. The number of aryl methyl sites for hydroxylation is 2. The van der Waals surface area contributed by atoms with Gasteiger partial charge in [0.2, 0.25) is 17.7 Å². The quantitative estimate of drug-likeness (QED) is 0.843. The van der Waals surface area contributed by atoms with Gasteiger partial charge in [0.05, 0.1) is 4.88 Å². The molecule has 2 aromatic heterocycles. The second-order valence-electron chi connectivity index (χ2n) is 5.37. The van der Waals surface area contributed by atoms with E-state index in [1.165, 1.54) is 11.3 Å². The Kier molecular flexibility index (Phi) is 4.71. The zero-order valence-corrected chi connectivity index (χ0v) is 13.7. The van der Waals surface area contributed by atoms with Crippen LogP contribution in [-0.4, -0.2) is 58.0 Å². The summed E-state index contributed by atoms with van der Waals surface area (Å²) < 4.78 is 5.27. The molecule has 3 rings (SSSR count). The van der Waals surface area contributed by atoms with Crippen molar-refractivity contribution in [2.24, 2.45) is 0 Å². The summed E-state index contributed by atoms with van der Waals surface area (Å²) in [5.74, 6) is 1.10. The largest absolute Gasteiger partial charge is 0.426 e. The average Bonchev–Trinajstić information content (AvgIpc) is 3.24. The van der Waals surface area contributed by atoms with Crippen molar-refractivity contribution in [3.05, 3.63) is 34.2 Å². The molecule has 0 aliphatic carbocycles. The van der Waals surface area contributed by atoms with Gasteiger partial charge in [0.25, 0.3) is 5.91 Å². The Morgan fingerprint density at radius 2 is 1.96 bits per heavy atom. The molecule has 3 heterocycles. The highest BCUT2D eigenvalue weighted by Crippen LogP contribution is 2.14. The first kappa shape index (κ1) is 15.7. The first-order valence-electron chi connectivity index (χ1n) is 7.53. The molecule has 0 saturated carbocycles. The molecular weight excluding hydrogens is 316 g/mol.